The number of nitrogen functional groups attached to an aromatic ring is 1. The number of H-pyrrole nitrogens is 1. The number of ether oxygens (including phenoxy) is 1. The average Bonchev–Trinajstić information content (AvgIpc) is 3.23. The van der Waals surface area contributed by atoms with Crippen molar-refractivity contribution in [2.24, 2.45) is 5.92 Å². The number of benzene rings is 1. The SMILES string of the molecule is CN(C)C(=O)CC1CO[C@@H](n2c[n+](Cc3ccccc3)c3c(=O)[nH]c(N)nc32)C1O. The van der Waals surface area contributed by atoms with Crippen LogP contribution in [0.25, 0.3) is 11.2 Å². The van der Waals surface area contributed by atoms with Gasteiger partial charge in [-0.25, -0.2) is 4.57 Å². The first kappa shape index (κ1) is 20.0. The smallest absolute Gasteiger partial charge is 0.304 e. The van der Waals surface area contributed by atoms with E-state index in [0.717, 1.165) is 5.56 Å². The van der Waals surface area contributed by atoms with Crippen molar-refractivity contribution in [2.45, 2.75) is 25.3 Å². The zero-order valence-corrected chi connectivity index (χ0v) is 16.9. The fourth-order valence-corrected chi connectivity index (χ4v) is 3.74. The van der Waals surface area contributed by atoms with Gasteiger partial charge in [0.15, 0.2) is 0 Å². The molecular formula is C20H25N6O4+. The van der Waals surface area contributed by atoms with E-state index in [1.807, 2.05) is 30.3 Å². The van der Waals surface area contributed by atoms with Crippen molar-refractivity contribution < 1.29 is 19.2 Å². The van der Waals surface area contributed by atoms with Crippen LogP contribution >= 0.6 is 0 Å². The number of rotatable bonds is 5. The Morgan fingerprint density at radius 2 is 2.13 bits per heavy atom. The maximum Gasteiger partial charge on any atom is 0.304 e. The van der Waals surface area contributed by atoms with E-state index in [1.54, 1.807) is 29.6 Å². The molecule has 3 aromatic rings. The molecule has 0 saturated carbocycles. The third-order valence-electron chi connectivity index (χ3n) is 5.35. The second-order valence-corrected chi connectivity index (χ2v) is 7.73. The molecule has 30 heavy (non-hydrogen) atoms. The van der Waals surface area contributed by atoms with Gasteiger partial charge in [0.05, 0.1) is 6.61 Å². The first-order valence-electron chi connectivity index (χ1n) is 9.68. The number of nitrogens with two attached hydrogens (primary N) is 1. The Hall–Kier alpha value is -3.24. The number of carbonyl (C=O) groups is 1. The maximum absolute atomic E-state index is 12.6. The maximum atomic E-state index is 12.6. The molecule has 1 saturated heterocycles. The second-order valence-electron chi connectivity index (χ2n) is 7.73. The summed E-state index contributed by atoms with van der Waals surface area (Å²) in [6, 6.07) is 9.68. The summed E-state index contributed by atoms with van der Waals surface area (Å²) in [5.41, 5.74) is 7.04. The van der Waals surface area contributed by atoms with E-state index in [9.17, 15) is 14.7 Å². The summed E-state index contributed by atoms with van der Waals surface area (Å²) < 4.78 is 9.21. The van der Waals surface area contributed by atoms with E-state index < -0.39 is 12.3 Å². The van der Waals surface area contributed by atoms with Crippen molar-refractivity contribution in [1.82, 2.24) is 19.4 Å². The van der Waals surface area contributed by atoms with Crippen molar-refractivity contribution in [3.8, 4) is 0 Å². The van der Waals surface area contributed by atoms with E-state index in [1.165, 1.54) is 4.90 Å². The van der Waals surface area contributed by atoms with Crippen LogP contribution in [0.3, 0.4) is 0 Å². The molecule has 1 aliphatic heterocycles. The molecule has 3 atom stereocenters. The van der Waals surface area contributed by atoms with Gasteiger partial charge in [0, 0.05) is 26.4 Å². The highest BCUT2D eigenvalue weighted by Gasteiger charge is 2.43. The first-order valence-corrected chi connectivity index (χ1v) is 9.68. The monoisotopic (exact) mass is 413 g/mol. The molecule has 2 unspecified atom stereocenters. The summed E-state index contributed by atoms with van der Waals surface area (Å²) >= 11 is 0. The molecule has 0 spiro atoms. The number of aromatic nitrogens is 4. The van der Waals surface area contributed by atoms with Gasteiger partial charge in [0.1, 0.15) is 12.6 Å². The van der Waals surface area contributed by atoms with Gasteiger partial charge in [-0.05, 0) is 5.56 Å². The summed E-state index contributed by atoms with van der Waals surface area (Å²) in [5.74, 6) is -0.464. The number of nitrogens with one attached hydrogen (secondary N) is 1. The van der Waals surface area contributed by atoms with Crippen LogP contribution in [0, 0.1) is 5.92 Å². The molecule has 158 valence electrons. The molecule has 0 radical (unpaired) electrons. The lowest BCUT2D eigenvalue weighted by atomic mass is 10.00. The van der Waals surface area contributed by atoms with Crippen LogP contribution in [0.2, 0.25) is 0 Å². The molecule has 1 amide bonds. The number of aromatic amines is 1. The Morgan fingerprint density at radius 1 is 1.40 bits per heavy atom. The molecule has 10 nitrogen and oxygen atoms in total. The van der Waals surface area contributed by atoms with Crippen LogP contribution in [-0.4, -0.2) is 57.3 Å². The van der Waals surface area contributed by atoms with E-state index >= 15 is 0 Å². The van der Waals surface area contributed by atoms with Gasteiger partial charge in [0.2, 0.25) is 24.4 Å². The highest BCUT2D eigenvalue weighted by Crippen LogP contribution is 2.32. The molecule has 10 heteroatoms. The zero-order valence-electron chi connectivity index (χ0n) is 16.9. The van der Waals surface area contributed by atoms with Crippen molar-refractivity contribution >= 4 is 23.0 Å². The van der Waals surface area contributed by atoms with Crippen molar-refractivity contribution in [3.05, 3.63) is 52.6 Å². The molecule has 1 fully saturated rings. The van der Waals surface area contributed by atoms with E-state index in [0.29, 0.717) is 17.7 Å². The summed E-state index contributed by atoms with van der Waals surface area (Å²) in [6.45, 7) is 0.660. The number of hydrogen-bond acceptors (Lipinski definition) is 6. The van der Waals surface area contributed by atoms with Gasteiger partial charge in [-0.1, -0.05) is 30.3 Å². The normalized spacial score (nSPS) is 21.2. The Balaban J connectivity index is 1.72. The lowest BCUT2D eigenvalue weighted by Gasteiger charge is -2.17. The second kappa shape index (κ2) is 7.88. The number of hydrogen-bond donors (Lipinski definition) is 3. The number of imidazole rings is 1. The minimum absolute atomic E-state index is 0.0227. The Labute approximate surface area is 172 Å². The van der Waals surface area contributed by atoms with Crippen LogP contribution < -0.4 is 15.9 Å². The summed E-state index contributed by atoms with van der Waals surface area (Å²) in [6.07, 6.45) is 0.156. The fourth-order valence-electron chi connectivity index (χ4n) is 3.74. The van der Waals surface area contributed by atoms with Crippen LogP contribution in [-0.2, 0) is 16.1 Å². The van der Waals surface area contributed by atoms with E-state index in [4.69, 9.17) is 10.5 Å². The average molecular weight is 413 g/mol. The quantitative estimate of drug-likeness (QED) is 0.489. The fraction of sp³-hybridized carbons (Fsp3) is 0.400. The molecule has 2 aromatic heterocycles. The van der Waals surface area contributed by atoms with E-state index in [2.05, 4.69) is 9.97 Å². The van der Waals surface area contributed by atoms with Gasteiger partial charge >= 0.3 is 5.56 Å². The number of amides is 1. The Kier molecular flexibility index (Phi) is 5.27. The number of fused-ring (bicyclic) bond motifs is 1. The van der Waals surface area contributed by atoms with Gasteiger partial charge in [-0.3, -0.25) is 14.6 Å². The molecule has 0 aliphatic carbocycles. The first-order chi connectivity index (χ1) is 14.3. The molecule has 4 rings (SSSR count). The number of carbonyl (C=O) groups excluding carboxylic acids is 1. The summed E-state index contributed by atoms with van der Waals surface area (Å²) in [4.78, 5) is 33.0. The minimum Gasteiger partial charge on any atom is -0.386 e. The Morgan fingerprint density at radius 3 is 2.83 bits per heavy atom. The van der Waals surface area contributed by atoms with Crippen LogP contribution in [0.1, 0.15) is 18.2 Å². The lowest BCUT2D eigenvalue weighted by Crippen LogP contribution is -2.37. The molecule has 1 aromatic carbocycles. The zero-order chi connectivity index (χ0) is 21.4. The highest BCUT2D eigenvalue weighted by molar-refractivity contribution is 5.76. The van der Waals surface area contributed by atoms with Crippen molar-refractivity contribution in [3.63, 3.8) is 0 Å². The highest BCUT2D eigenvalue weighted by atomic mass is 16.5. The predicted octanol–water partition coefficient (Wildman–Crippen LogP) is -0.373. The summed E-state index contributed by atoms with van der Waals surface area (Å²) in [5, 5.41) is 10.9. The van der Waals surface area contributed by atoms with Crippen LogP contribution in [0.5, 0.6) is 0 Å². The third-order valence-corrected chi connectivity index (χ3v) is 5.35. The van der Waals surface area contributed by atoms with Crippen LogP contribution in [0.4, 0.5) is 5.95 Å². The van der Waals surface area contributed by atoms with Gasteiger partial charge < -0.3 is 20.5 Å². The van der Waals surface area contributed by atoms with Crippen LogP contribution in [0.15, 0.2) is 41.5 Å². The summed E-state index contributed by atoms with van der Waals surface area (Å²) in [7, 11) is 3.35. The minimum atomic E-state index is -0.933. The number of aliphatic hydroxyl groups excluding tert-OH is 1. The molecule has 0 bridgehead atoms. The van der Waals surface area contributed by atoms with Gasteiger partial charge in [-0.2, -0.15) is 9.55 Å². The van der Waals surface area contributed by atoms with Gasteiger partial charge in [-0.15, -0.1) is 0 Å². The largest absolute Gasteiger partial charge is 0.386 e. The lowest BCUT2D eigenvalue weighted by molar-refractivity contribution is -0.664. The molecular weight excluding hydrogens is 388 g/mol. The standard InChI is InChI=1S/C20H24N6O4/c1-24(2)14(27)8-13-10-30-19(16(13)28)26-11-25(9-12-6-4-3-5-7-12)15-17(26)22-20(21)23-18(15)29/h3-7,11,13,16,19,28H,8-10H2,1-2H3,(H2-,21,22,23,29)/p+1/t13?,16?,19-/m1/s1. The van der Waals surface area contributed by atoms with Crippen molar-refractivity contribution in [2.75, 3.05) is 26.4 Å². The number of aliphatic hydroxyl groups is 1. The van der Waals surface area contributed by atoms with E-state index in [-0.39, 0.29) is 36.4 Å². The number of nitrogens with zero attached hydrogens (tertiary/aromatic N) is 4. The van der Waals surface area contributed by atoms with Gasteiger partial charge in [0.25, 0.3) is 11.2 Å². The van der Waals surface area contributed by atoms with Crippen molar-refractivity contribution in [1.29, 1.82) is 0 Å². The Bertz CT molecular complexity index is 1120. The molecule has 1 aliphatic rings. The molecule has 4 N–H and O–H groups in total. The predicted molar refractivity (Wildman–Crippen MR) is 108 cm³/mol. The number of anilines is 1. The molecule has 3 heterocycles. The topological polar surface area (TPSA) is 130 Å². The third kappa shape index (κ3) is 3.66.